The van der Waals surface area contributed by atoms with Gasteiger partial charge >= 0.3 is 0 Å². The second kappa shape index (κ2) is 8.10. The quantitative estimate of drug-likeness (QED) is 0.831. The number of benzene rings is 2. The van der Waals surface area contributed by atoms with Crippen LogP contribution in [0.15, 0.2) is 60.7 Å². The molecule has 0 aliphatic heterocycles. The number of rotatable bonds is 6. The van der Waals surface area contributed by atoms with Crippen LogP contribution in [0.1, 0.15) is 15.9 Å². The van der Waals surface area contributed by atoms with Crippen molar-refractivity contribution >= 4 is 11.8 Å². The summed E-state index contributed by atoms with van der Waals surface area (Å²) in [5, 5.41) is 3.91. The maximum Gasteiger partial charge on any atom is 0.268 e. The molecule has 2 aromatic carbocycles. The highest BCUT2D eigenvalue weighted by Crippen LogP contribution is 2.07. The van der Waals surface area contributed by atoms with Gasteiger partial charge in [0.2, 0.25) is 0 Å². The van der Waals surface area contributed by atoms with Crippen molar-refractivity contribution in [1.29, 1.82) is 0 Å². The van der Waals surface area contributed by atoms with E-state index in [1.54, 1.807) is 24.3 Å². The number of carbonyl (C=O) groups is 2. The summed E-state index contributed by atoms with van der Waals surface area (Å²) in [6, 6.07) is 17.7. The molecule has 0 aliphatic rings. The molecule has 0 heterocycles. The summed E-state index contributed by atoms with van der Waals surface area (Å²) in [5.74, 6) is -0.593. The SMILES string of the molecule is CON(C)C(=O)C(Cc1ccccc1)NC(=O)c1ccccc1. The van der Waals surface area contributed by atoms with Gasteiger partial charge in [-0.25, -0.2) is 5.06 Å². The van der Waals surface area contributed by atoms with Crippen LogP contribution < -0.4 is 5.32 Å². The number of hydroxylamine groups is 2. The molecule has 1 N–H and O–H groups in total. The zero-order chi connectivity index (χ0) is 16.7. The van der Waals surface area contributed by atoms with E-state index < -0.39 is 6.04 Å². The van der Waals surface area contributed by atoms with E-state index in [1.165, 1.54) is 14.2 Å². The molecule has 2 rings (SSSR count). The normalized spacial score (nSPS) is 11.6. The Kier molecular flexibility index (Phi) is 5.88. The maximum atomic E-state index is 12.4. The van der Waals surface area contributed by atoms with Gasteiger partial charge in [-0.3, -0.25) is 14.4 Å². The Hall–Kier alpha value is -2.66. The van der Waals surface area contributed by atoms with E-state index in [4.69, 9.17) is 4.84 Å². The average Bonchev–Trinajstić information content (AvgIpc) is 2.61. The fourth-order valence-corrected chi connectivity index (χ4v) is 2.19. The number of hydrogen-bond acceptors (Lipinski definition) is 3. The van der Waals surface area contributed by atoms with E-state index in [1.807, 2.05) is 36.4 Å². The molecule has 0 aromatic heterocycles. The van der Waals surface area contributed by atoms with E-state index >= 15 is 0 Å². The van der Waals surface area contributed by atoms with Crippen LogP contribution in [0.4, 0.5) is 0 Å². The minimum atomic E-state index is -0.699. The van der Waals surface area contributed by atoms with Gasteiger partial charge in [-0.2, -0.15) is 0 Å². The number of carbonyl (C=O) groups excluding carboxylic acids is 2. The molecule has 1 unspecified atom stereocenters. The lowest BCUT2D eigenvalue weighted by atomic mass is 10.0. The van der Waals surface area contributed by atoms with Gasteiger partial charge in [0.25, 0.3) is 11.8 Å². The first-order chi connectivity index (χ1) is 11.1. The van der Waals surface area contributed by atoms with Gasteiger partial charge in [-0.05, 0) is 17.7 Å². The van der Waals surface area contributed by atoms with Gasteiger partial charge in [-0.1, -0.05) is 48.5 Å². The highest BCUT2D eigenvalue weighted by Gasteiger charge is 2.25. The lowest BCUT2D eigenvalue weighted by molar-refractivity contribution is -0.170. The molecule has 23 heavy (non-hydrogen) atoms. The number of amides is 2. The van der Waals surface area contributed by atoms with Crippen LogP contribution in [0.5, 0.6) is 0 Å². The van der Waals surface area contributed by atoms with Crippen molar-refractivity contribution in [3.8, 4) is 0 Å². The second-order valence-corrected chi connectivity index (χ2v) is 5.10. The highest BCUT2D eigenvalue weighted by atomic mass is 16.7. The standard InChI is InChI=1S/C18H20N2O3/c1-20(23-2)18(22)16(13-14-9-5-3-6-10-14)19-17(21)15-11-7-4-8-12-15/h3-12,16H,13H2,1-2H3,(H,19,21). The zero-order valence-electron chi connectivity index (χ0n) is 13.2. The summed E-state index contributed by atoms with van der Waals surface area (Å²) >= 11 is 0. The van der Waals surface area contributed by atoms with E-state index in [0.717, 1.165) is 10.6 Å². The van der Waals surface area contributed by atoms with Crippen LogP contribution in [-0.2, 0) is 16.1 Å². The summed E-state index contributed by atoms with van der Waals surface area (Å²) in [7, 11) is 2.94. The van der Waals surface area contributed by atoms with Crippen LogP contribution in [0.25, 0.3) is 0 Å². The van der Waals surface area contributed by atoms with Crippen LogP contribution in [0.3, 0.4) is 0 Å². The fourth-order valence-electron chi connectivity index (χ4n) is 2.19. The highest BCUT2D eigenvalue weighted by molar-refractivity contribution is 5.97. The molecule has 0 saturated heterocycles. The third kappa shape index (κ3) is 4.66. The first-order valence-electron chi connectivity index (χ1n) is 7.33. The van der Waals surface area contributed by atoms with Crippen molar-refractivity contribution in [2.45, 2.75) is 12.5 Å². The third-order valence-corrected chi connectivity index (χ3v) is 3.51. The molecular formula is C18H20N2O3. The lowest BCUT2D eigenvalue weighted by Gasteiger charge is -2.23. The molecule has 2 amide bonds. The smallest absolute Gasteiger partial charge is 0.268 e. The molecular weight excluding hydrogens is 292 g/mol. The minimum absolute atomic E-state index is 0.288. The molecule has 0 aliphatic carbocycles. The van der Waals surface area contributed by atoms with Crippen molar-refractivity contribution in [2.24, 2.45) is 0 Å². The maximum absolute atomic E-state index is 12.4. The van der Waals surface area contributed by atoms with Crippen LogP contribution in [0, 0.1) is 0 Å². The first kappa shape index (κ1) is 16.7. The summed E-state index contributed by atoms with van der Waals surface area (Å²) < 4.78 is 0. The predicted molar refractivity (Wildman–Crippen MR) is 87.6 cm³/mol. The van der Waals surface area contributed by atoms with Gasteiger partial charge < -0.3 is 5.32 Å². The van der Waals surface area contributed by atoms with Gasteiger partial charge in [0.15, 0.2) is 0 Å². The summed E-state index contributed by atoms with van der Waals surface area (Å²) in [6.07, 6.45) is 0.395. The van der Waals surface area contributed by atoms with Crippen molar-refractivity contribution in [3.05, 3.63) is 71.8 Å². The van der Waals surface area contributed by atoms with Gasteiger partial charge in [0.1, 0.15) is 6.04 Å². The molecule has 2 aromatic rings. The molecule has 0 radical (unpaired) electrons. The molecule has 120 valence electrons. The Labute approximate surface area is 135 Å². The predicted octanol–water partition coefficient (Wildman–Crippen LogP) is 2.05. The van der Waals surface area contributed by atoms with E-state index in [-0.39, 0.29) is 11.8 Å². The van der Waals surface area contributed by atoms with Crippen molar-refractivity contribution in [1.82, 2.24) is 10.4 Å². The molecule has 0 saturated carbocycles. The van der Waals surface area contributed by atoms with Crippen molar-refractivity contribution < 1.29 is 14.4 Å². The third-order valence-electron chi connectivity index (χ3n) is 3.51. The summed E-state index contributed by atoms with van der Waals surface area (Å²) in [4.78, 5) is 29.7. The van der Waals surface area contributed by atoms with Crippen LogP contribution in [-0.4, -0.2) is 37.1 Å². The Morgan fingerprint density at radius 3 is 2.17 bits per heavy atom. The Morgan fingerprint density at radius 1 is 1.04 bits per heavy atom. The second-order valence-electron chi connectivity index (χ2n) is 5.10. The molecule has 1 atom stereocenters. The van der Waals surface area contributed by atoms with Crippen LogP contribution in [0.2, 0.25) is 0 Å². The Bertz CT molecular complexity index is 644. The monoisotopic (exact) mass is 312 g/mol. The fraction of sp³-hybridized carbons (Fsp3) is 0.222. The average molecular weight is 312 g/mol. The van der Waals surface area contributed by atoms with E-state index in [2.05, 4.69) is 5.32 Å². The van der Waals surface area contributed by atoms with Gasteiger partial charge in [0.05, 0.1) is 7.11 Å². The Morgan fingerprint density at radius 2 is 1.61 bits per heavy atom. The van der Waals surface area contributed by atoms with Gasteiger partial charge in [0, 0.05) is 19.0 Å². The van der Waals surface area contributed by atoms with Crippen molar-refractivity contribution in [2.75, 3.05) is 14.2 Å². The van der Waals surface area contributed by atoms with Crippen LogP contribution >= 0.6 is 0 Å². The molecule has 0 bridgehead atoms. The van der Waals surface area contributed by atoms with Gasteiger partial charge in [-0.15, -0.1) is 0 Å². The first-order valence-corrected chi connectivity index (χ1v) is 7.33. The number of hydrogen-bond donors (Lipinski definition) is 1. The van der Waals surface area contributed by atoms with Crippen molar-refractivity contribution in [3.63, 3.8) is 0 Å². The summed E-state index contributed by atoms with van der Waals surface area (Å²) in [5.41, 5.74) is 1.47. The number of nitrogens with one attached hydrogen (secondary N) is 1. The van der Waals surface area contributed by atoms with E-state index in [9.17, 15) is 9.59 Å². The topological polar surface area (TPSA) is 58.6 Å². The molecule has 5 nitrogen and oxygen atoms in total. The zero-order valence-corrected chi connectivity index (χ0v) is 13.2. The lowest BCUT2D eigenvalue weighted by Crippen LogP contribution is -2.48. The molecule has 0 spiro atoms. The van der Waals surface area contributed by atoms with E-state index in [0.29, 0.717) is 12.0 Å². The molecule has 5 heteroatoms. The largest absolute Gasteiger partial charge is 0.340 e. The number of likely N-dealkylation sites (N-methyl/N-ethyl adjacent to an activating group) is 1. The number of nitrogens with zero attached hydrogens (tertiary/aromatic N) is 1. The minimum Gasteiger partial charge on any atom is -0.340 e. The summed E-state index contributed by atoms with van der Waals surface area (Å²) in [6.45, 7) is 0. The molecule has 0 fully saturated rings. The Balaban J connectivity index is 2.16.